The van der Waals surface area contributed by atoms with Crippen LogP contribution in [0.4, 0.5) is 21.0 Å². The minimum absolute atomic E-state index is 0.242. The molecule has 0 spiro atoms. The van der Waals surface area contributed by atoms with Gasteiger partial charge in [-0.1, -0.05) is 19.1 Å². The Labute approximate surface area is 179 Å². The second-order valence-electron chi connectivity index (χ2n) is 6.20. The lowest BCUT2D eigenvalue weighted by Crippen LogP contribution is -2.36. The Balaban J connectivity index is 2.36. The van der Waals surface area contributed by atoms with Crippen LogP contribution in [0.3, 0.4) is 0 Å². The summed E-state index contributed by atoms with van der Waals surface area (Å²) in [4.78, 5) is 38.7. The van der Waals surface area contributed by atoms with Crippen molar-refractivity contribution in [1.29, 1.82) is 0 Å². The Hall–Kier alpha value is -4.08. The van der Waals surface area contributed by atoms with E-state index in [1.54, 1.807) is 25.1 Å². The van der Waals surface area contributed by atoms with Crippen LogP contribution in [-0.2, 0) is 14.3 Å². The summed E-state index contributed by atoms with van der Waals surface area (Å²) in [5, 5.41) is 7.78. The predicted octanol–water partition coefficient (Wildman–Crippen LogP) is 4.03. The van der Waals surface area contributed by atoms with Gasteiger partial charge >= 0.3 is 12.2 Å². The van der Waals surface area contributed by atoms with Gasteiger partial charge in [0.1, 0.15) is 11.5 Å². The van der Waals surface area contributed by atoms with Gasteiger partial charge in [0, 0.05) is 12.5 Å². The van der Waals surface area contributed by atoms with Crippen molar-refractivity contribution in [2.75, 3.05) is 24.9 Å². The summed E-state index contributed by atoms with van der Waals surface area (Å²) in [7, 11) is 2.31. The molecule has 0 unspecified atom stereocenters. The number of carbonyl (C=O) groups is 3. The molecule has 0 aliphatic rings. The largest absolute Gasteiger partial charge is 0.457 e. The van der Waals surface area contributed by atoms with Crippen LogP contribution in [0.1, 0.15) is 18.9 Å². The summed E-state index contributed by atoms with van der Waals surface area (Å²) >= 11 is 0. The molecule has 0 saturated carbocycles. The number of methoxy groups -OCH3 is 2. The number of ether oxygens (including phenoxy) is 3. The predicted molar refractivity (Wildman–Crippen MR) is 116 cm³/mol. The maximum atomic E-state index is 12.0. The smallest absolute Gasteiger partial charge is 0.436 e. The standard InChI is InChI=1S/C21H24N4O6/c1-5-18(26)22-17-12-15(31-14-8-6-7-13(2)11-14)9-10-16(17)23-19(24-20(27)29-3)25-21(28)30-4/h6-12H,5H2,1-4H3,(H,22,26)(H2,23,24,25,27,28). The van der Waals surface area contributed by atoms with Crippen molar-refractivity contribution in [3.8, 4) is 11.5 Å². The third-order valence-corrected chi connectivity index (χ3v) is 3.85. The fraction of sp³-hybridized carbons (Fsp3) is 0.238. The van der Waals surface area contributed by atoms with E-state index in [1.807, 2.05) is 31.2 Å². The molecule has 0 bridgehead atoms. The molecule has 164 valence electrons. The van der Waals surface area contributed by atoms with Crippen molar-refractivity contribution in [3.63, 3.8) is 0 Å². The van der Waals surface area contributed by atoms with E-state index in [9.17, 15) is 14.4 Å². The molecule has 3 N–H and O–H groups in total. The van der Waals surface area contributed by atoms with E-state index in [-0.39, 0.29) is 18.3 Å². The highest BCUT2D eigenvalue weighted by molar-refractivity contribution is 6.08. The third-order valence-electron chi connectivity index (χ3n) is 3.85. The summed E-state index contributed by atoms with van der Waals surface area (Å²) in [6.45, 7) is 3.65. The van der Waals surface area contributed by atoms with Crippen LogP contribution in [0.25, 0.3) is 0 Å². The molecule has 0 radical (unpaired) electrons. The maximum Gasteiger partial charge on any atom is 0.436 e. The summed E-state index contributed by atoms with van der Waals surface area (Å²) in [6.07, 6.45) is -1.56. The number of guanidine groups is 1. The van der Waals surface area contributed by atoms with E-state index in [0.29, 0.717) is 22.9 Å². The number of nitrogens with zero attached hydrogens (tertiary/aromatic N) is 1. The first kappa shape index (κ1) is 23.2. The average molecular weight is 428 g/mol. The number of aliphatic imine (C=N–C) groups is 1. The van der Waals surface area contributed by atoms with Crippen molar-refractivity contribution in [2.24, 2.45) is 4.99 Å². The first-order valence-corrected chi connectivity index (χ1v) is 9.31. The zero-order valence-corrected chi connectivity index (χ0v) is 17.6. The summed E-state index contributed by atoms with van der Waals surface area (Å²) < 4.78 is 14.9. The van der Waals surface area contributed by atoms with Gasteiger partial charge in [-0.05, 0) is 36.8 Å². The quantitative estimate of drug-likeness (QED) is 0.485. The highest BCUT2D eigenvalue weighted by Crippen LogP contribution is 2.30. The van der Waals surface area contributed by atoms with Crippen LogP contribution in [0.5, 0.6) is 11.5 Å². The van der Waals surface area contributed by atoms with Crippen LogP contribution < -0.4 is 20.7 Å². The number of amides is 3. The van der Waals surface area contributed by atoms with Gasteiger partial charge in [-0.15, -0.1) is 4.99 Å². The summed E-state index contributed by atoms with van der Waals surface area (Å²) in [6, 6.07) is 12.4. The van der Waals surface area contributed by atoms with E-state index >= 15 is 0 Å². The highest BCUT2D eigenvalue weighted by atomic mass is 16.5. The Morgan fingerprint density at radius 3 is 2.32 bits per heavy atom. The van der Waals surface area contributed by atoms with Gasteiger partial charge in [-0.25, -0.2) is 9.59 Å². The van der Waals surface area contributed by atoms with Gasteiger partial charge in [0.25, 0.3) is 0 Å². The van der Waals surface area contributed by atoms with E-state index < -0.39 is 12.2 Å². The molecule has 0 atom stereocenters. The number of benzene rings is 2. The molecule has 10 nitrogen and oxygen atoms in total. The Morgan fingerprint density at radius 1 is 0.935 bits per heavy atom. The molecule has 0 aromatic heterocycles. The number of alkyl carbamates (subject to hydrolysis) is 1. The SMILES string of the molecule is CCC(=O)Nc1cc(Oc2cccc(C)c2)ccc1NC(=NC(=O)OC)NC(=O)OC. The number of nitrogens with one attached hydrogen (secondary N) is 3. The van der Waals surface area contributed by atoms with Crippen LogP contribution in [0.2, 0.25) is 0 Å². The van der Waals surface area contributed by atoms with Gasteiger partial charge in [-0.2, -0.15) is 0 Å². The van der Waals surface area contributed by atoms with E-state index in [2.05, 4.69) is 30.4 Å². The number of hydrogen-bond acceptors (Lipinski definition) is 6. The molecule has 0 fully saturated rings. The Kier molecular flexibility index (Phi) is 8.38. The molecule has 31 heavy (non-hydrogen) atoms. The van der Waals surface area contributed by atoms with E-state index in [1.165, 1.54) is 0 Å². The second-order valence-corrected chi connectivity index (χ2v) is 6.20. The van der Waals surface area contributed by atoms with E-state index in [4.69, 9.17) is 4.74 Å². The highest BCUT2D eigenvalue weighted by Gasteiger charge is 2.14. The Morgan fingerprint density at radius 2 is 1.68 bits per heavy atom. The average Bonchev–Trinajstić information content (AvgIpc) is 2.75. The number of rotatable bonds is 5. The summed E-state index contributed by atoms with van der Waals surface area (Å²) in [5.41, 5.74) is 1.73. The number of aryl methyl sites for hydroxylation is 1. The van der Waals surface area contributed by atoms with Crippen LogP contribution in [0.15, 0.2) is 47.5 Å². The summed E-state index contributed by atoms with van der Waals surface area (Å²) in [5.74, 6) is 0.602. The van der Waals surface area contributed by atoms with Crippen molar-refractivity contribution < 1.29 is 28.6 Å². The van der Waals surface area contributed by atoms with Gasteiger partial charge in [0.2, 0.25) is 11.9 Å². The van der Waals surface area contributed by atoms with Crippen LogP contribution in [0, 0.1) is 6.92 Å². The maximum absolute atomic E-state index is 12.0. The van der Waals surface area contributed by atoms with Crippen molar-refractivity contribution in [3.05, 3.63) is 48.0 Å². The van der Waals surface area contributed by atoms with Crippen LogP contribution in [-0.4, -0.2) is 38.3 Å². The molecular weight excluding hydrogens is 404 g/mol. The lowest BCUT2D eigenvalue weighted by molar-refractivity contribution is -0.115. The first-order valence-electron chi connectivity index (χ1n) is 9.31. The first-order chi connectivity index (χ1) is 14.8. The fourth-order valence-electron chi connectivity index (χ4n) is 2.35. The number of hydrogen-bond donors (Lipinski definition) is 3. The van der Waals surface area contributed by atoms with Crippen molar-refractivity contribution in [2.45, 2.75) is 20.3 Å². The Bertz CT molecular complexity index is 990. The molecule has 0 heterocycles. The lowest BCUT2D eigenvalue weighted by Gasteiger charge is -2.16. The number of carbonyl (C=O) groups excluding carboxylic acids is 3. The van der Waals surface area contributed by atoms with Gasteiger partial charge in [-0.3, -0.25) is 10.1 Å². The van der Waals surface area contributed by atoms with E-state index in [0.717, 1.165) is 19.8 Å². The minimum atomic E-state index is -0.947. The molecule has 2 aromatic carbocycles. The van der Waals surface area contributed by atoms with Gasteiger partial charge in [0.05, 0.1) is 25.6 Å². The van der Waals surface area contributed by atoms with Crippen LogP contribution >= 0.6 is 0 Å². The normalized spacial score (nSPS) is 10.6. The molecule has 10 heteroatoms. The topological polar surface area (TPSA) is 127 Å². The molecule has 2 rings (SSSR count). The lowest BCUT2D eigenvalue weighted by atomic mass is 10.2. The monoisotopic (exact) mass is 428 g/mol. The molecule has 2 aromatic rings. The molecule has 0 saturated heterocycles. The van der Waals surface area contributed by atoms with Crippen molar-refractivity contribution in [1.82, 2.24) is 5.32 Å². The number of anilines is 2. The molecular formula is C21H24N4O6. The molecule has 0 aliphatic heterocycles. The van der Waals surface area contributed by atoms with Gasteiger partial charge < -0.3 is 24.8 Å². The zero-order valence-electron chi connectivity index (χ0n) is 17.6. The molecule has 3 amide bonds. The van der Waals surface area contributed by atoms with Gasteiger partial charge in [0.15, 0.2) is 0 Å². The van der Waals surface area contributed by atoms with Crippen molar-refractivity contribution >= 4 is 35.4 Å². The minimum Gasteiger partial charge on any atom is -0.457 e. The second kappa shape index (κ2) is 11.2. The fourth-order valence-corrected chi connectivity index (χ4v) is 2.35. The zero-order chi connectivity index (χ0) is 22.8. The molecule has 0 aliphatic carbocycles. The third kappa shape index (κ3) is 7.35.